The summed E-state index contributed by atoms with van der Waals surface area (Å²) in [4.78, 5) is 11.8. The zero-order chi connectivity index (χ0) is 23.6. The van der Waals surface area contributed by atoms with Gasteiger partial charge in [-0.15, -0.1) is 0 Å². The molecule has 0 amide bonds. The third-order valence-electron chi connectivity index (χ3n) is 5.18. The molecule has 0 saturated carbocycles. The van der Waals surface area contributed by atoms with Crippen molar-refractivity contribution in [3.63, 3.8) is 0 Å². The van der Waals surface area contributed by atoms with Crippen LogP contribution >= 0.6 is 7.82 Å². The number of phosphoric acid groups is 1. The molecule has 0 bridgehead atoms. The number of nitrogens with two attached hydrogens (primary N) is 1. The number of allylic oxidation sites excluding steroid dienone is 1. The molecule has 186 valence electrons. The molecule has 0 aromatic heterocycles. The number of hydrogen-bond acceptors (Lipinski definition) is 6. The minimum absolute atomic E-state index is 0.0426. The van der Waals surface area contributed by atoms with Crippen LogP contribution in [0.2, 0.25) is 0 Å². The van der Waals surface area contributed by atoms with E-state index >= 15 is 0 Å². The number of aliphatic hydroxyl groups excluding tert-OH is 1. The third-order valence-corrected chi connectivity index (χ3v) is 6.15. The van der Waals surface area contributed by atoms with Gasteiger partial charge in [-0.1, -0.05) is 83.3 Å². The van der Waals surface area contributed by atoms with Crippen LogP contribution in [0.4, 0.5) is 0 Å². The van der Waals surface area contributed by atoms with Crippen LogP contribution in [0, 0.1) is 0 Å². The number of unbranched alkanes of at least 4 members (excludes halogenated alkanes) is 11. The van der Waals surface area contributed by atoms with Crippen LogP contribution in [-0.4, -0.2) is 62.6 Å². The summed E-state index contributed by atoms with van der Waals surface area (Å²) in [5.74, 6) is 0. The minimum atomic E-state index is -4.41. The largest absolute Gasteiger partial charge is 0.756 e. The topological polar surface area (TPSA) is 105 Å². The summed E-state index contributed by atoms with van der Waals surface area (Å²) in [5, 5.41) is 10.0. The number of hydrogen-bond donors (Lipinski definition) is 2. The zero-order valence-electron chi connectivity index (χ0n) is 20.5. The summed E-state index contributed by atoms with van der Waals surface area (Å²) >= 11 is 0. The van der Waals surface area contributed by atoms with Crippen molar-refractivity contribution in [1.29, 1.82) is 0 Å². The first-order valence-electron chi connectivity index (χ1n) is 12.1. The summed E-state index contributed by atoms with van der Waals surface area (Å²) in [5.41, 5.74) is 5.82. The van der Waals surface area contributed by atoms with Crippen LogP contribution in [0.15, 0.2) is 12.2 Å². The highest BCUT2D eigenvalue weighted by Crippen LogP contribution is 2.38. The molecular formula is C23H49N2O5P. The van der Waals surface area contributed by atoms with Crippen molar-refractivity contribution in [2.45, 2.75) is 96.1 Å². The molecule has 0 aromatic rings. The number of likely N-dealkylation sites (N-methyl/N-ethyl adjacent to an activating group) is 1. The Morgan fingerprint density at radius 1 is 0.968 bits per heavy atom. The third kappa shape index (κ3) is 21.3. The molecular weight excluding hydrogens is 415 g/mol. The fourth-order valence-electron chi connectivity index (χ4n) is 3.04. The molecule has 7 nitrogen and oxygen atoms in total. The van der Waals surface area contributed by atoms with E-state index in [2.05, 4.69) is 6.92 Å². The van der Waals surface area contributed by atoms with Gasteiger partial charge in [-0.2, -0.15) is 0 Å². The van der Waals surface area contributed by atoms with Crippen LogP contribution in [0.5, 0.6) is 0 Å². The first-order valence-corrected chi connectivity index (χ1v) is 13.5. The van der Waals surface area contributed by atoms with Crippen LogP contribution < -0.4 is 10.6 Å². The number of aliphatic hydroxyl groups is 1. The Labute approximate surface area is 191 Å². The second kappa shape index (κ2) is 18.2. The zero-order valence-corrected chi connectivity index (χ0v) is 21.4. The highest BCUT2D eigenvalue weighted by atomic mass is 31.2. The Kier molecular flexibility index (Phi) is 18.0. The maximum absolute atomic E-state index is 11.8. The first kappa shape index (κ1) is 30.7. The summed E-state index contributed by atoms with van der Waals surface area (Å²) in [7, 11) is 1.41. The van der Waals surface area contributed by atoms with E-state index in [1.54, 1.807) is 6.08 Å². The summed E-state index contributed by atoms with van der Waals surface area (Å²) in [6, 6.07) is -0.821. The number of phosphoric ester groups is 1. The van der Waals surface area contributed by atoms with Crippen molar-refractivity contribution in [3.8, 4) is 0 Å². The van der Waals surface area contributed by atoms with Gasteiger partial charge in [0, 0.05) is 0 Å². The van der Waals surface area contributed by atoms with Gasteiger partial charge >= 0.3 is 0 Å². The van der Waals surface area contributed by atoms with E-state index < -0.39 is 20.0 Å². The molecule has 0 rings (SSSR count). The lowest BCUT2D eigenvalue weighted by Crippen LogP contribution is -2.39. The standard InChI is InChI=1S/C23H49N2O5P/c1-5-6-7-8-9-10-11-12-13-14-15-16-17-18-23(26)22(24)21-30-31(27,28)29-20-19-25(2,3)4/h17-18,22-23,26H,5-16,19-21,24H2,1-4H3/b18-17+/t22-,23+/m0/s1. The molecule has 0 aliphatic rings. The molecule has 0 aliphatic heterocycles. The Hall–Kier alpha value is -0.270. The highest BCUT2D eigenvalue weighted by molar-refractivity contribution is 7.45. The molecule has 3 atom stereocenters. The highest BCUT2D eigenvalue weighted by Gasteiger charge is 2.18. The van der Waals surface area contributed by atoms with E-state index in [4.69, 9.17) is 14.8 Å². The Morgan fingerprint density at radius 3 is 2.00 bits per heavy atom. The van der Waals surface area contributed by atoms with Gasteiger partial charge in [0.05, 0.1) is 39.9 Å². The molecule has 0 radical (unpaired) electrons. The van der Waals surface area contributed by atoms with Gasteiger partial charge in [0.2, 0.25) is 0 Å². The van der Waals surface area contributed by atoms with E-state index in [1.807, 2.05) is 27.2 Å². The molecule has 0 heterocycles. The van der Waals surface area contributed by atoms with Crippen molar-refractivity contribution in [1.82, 2.24) is 0 Å². The molecule has 3 N–H and O–H groups in total. The predicted octanol–water partition coefficient (Wildman–Crippen LogP) is 4.14. The Balaban J connectivity index is 3.74. The second-order valence-corrected chi connectivity index (χ2v) is 10.9. The fraction of sp³-hybridized carbons (Fsp3) is 0.913. The minimum Gasteiger partial charge on any atom is -0.756 e. The lowest BCUT2D eigenvalue weighted by atomic mass is 10.0. The van der Waals surface area contributed by atoms with Gasteiger partial charge in [-0.25, -0.2) is 0 Å². The van der Waals surface area contributed by atoms with Gasteiger partial charge < -0.3 is 29.3 Å². The Bertz CT molecular complexity index is 497. The summed E-state index contributed by atoms with van der Waals surface area (Å²) < 4.78 is 22.0. The lowest BCUT2D eigenvalue weighted by molar-refractivity contribution is -0.870. The van der Waals surface area contributed by atoms with Crippen LogP contribution in [0.1, 0.15) is 84.0 Å². The number of rotatable bonds is 21. The van der Waals surface area contributed by atoms with Crippen molar-refractivity contribution in [2.75, 3.05) is 40.9 Å². The number of quaternary nitrogens is 1. The van der Waals surface area contributed by atoms with Crippen molar-refractivity contribution < 1.29 is 28.1 Å². The maximum atomic E-state index is 11.8. The predicted molar refractivity (Wildman–Crippen MR) is 127 cm³/mol. The molecule has 1 unspecified atom stereocenters. The van der Waals surface area contributed by atoms with Crippen LogP contribution in [-0.2, 0) is 13.6 Å². The van der Waals surface area contributed by atoms with Gasteiger partial charge in [-0.05, 0) is 12.8 Å². The fourth-order valence-corrected chi connectivity index (χ4v) is 3.78. The molecule has 8 heteroatoms. The molecule has 31 heavy (non-hydrogen) atoms. The van der Waals surface area contributed by atoms with E-state index in [-0.39, 0.29) is 13.2 Å². The van der Waals surface area contributed by atoms with Crippen molar-refractivity contribution >= 4 is 7.82 Å². The second-order valence-electron chi connectivity index (χ2n) is 9.50. The molecule has 0 saturated heterocycles. The molecule has 0 aliphatic carbocycles. The normalized spacial score (nSPS) is 16.5. The average Bonchev–Trinajstić information content (AvgIpc) is 2.68. The Morgan fingerprint density at radius 2 is 1.48 bits per heavy atom. The van der Waals surface area contributed by atoms with Gasteiger partial charge in [0.25, 0.3) is 7.82 Å². The van der Waals surface area contributed by atoms with Crippen molar-refractivity contribution in [2.24, 2.45) is 5.73 Å². The van der Waals surface area contributed by atoms with Crippen molar-refractivity contribution in [3.05, 3.63) is 12.2 Å². The molecule has 0 aromatic carbocycles. The summed E-state index contributed by atoms with van der Waals surface area (Å²) in [6.07, 6.45) is 17.8. The monoisotopic (exact) mass is 464 g/mol. The van der Waals surface area contributed by atoms with Crippen LogP contribution in [0.25, 0.3) is 0 Å². The smallest absolute Gasteiger partial charge is 0.268 e. The van der Waals surface area contributed by atoms with Gasteiger partial charge in [0.1, 0.15) is 13.2 Å². The van der Waals surface area contributed by atoms with Gasteiger partial charge in [-0.3, -0.25) is 4.57 Å². The maximum Gasteiger partial charge on any atom is 0.268 e. The quantitative estimate of drug-likeness (QED) is 0.114. The van der Waals surface area contributed by atoms with E-state index in [9.17, 15) is 14.6 Å². The van der Waals surface area contributed by atoms with E-state index in [0.717, 1.165) is 12.8 Å². The van der Waals surface area contributed by atoms with E-state index in [1.165, 1.54) is 64.2 Å². The summed E-state index contributed by atoms with van der Waals surface area (Å²) in [6.45, 7) is 2.51. The number of nitrogens with zero attached hydrogens (tertiary/aromatic N) is 1. The first-order chi connectivity index (χ1) is 14.6. The van der Waals surface area contributed by atoms with Crippen LogP contribution in [0.3, 0.4) is 0 Å². The van der Waals surface area contributed by atoms with E-state index in [0.29, 0.717) is 11.0 Å². The molecule has 0 spiro atoms. The SMILES string of the molecule is CCCCCCCCCCCCC/C=C/[C@@H](O)[C@@H](N)COP(=O)([O-])OCC[N+](C)(C)C. The average molecular weight is 465 g/mol. The molecule has 0 fully saturated rings. The lowest BCUT2D eigenvalue weighted by Gasteiger charge is -2.28. The van der Waals surface area contributed by atoms with Gasteiger partial charge in [0.15, 0.2) is 0 Å².